The molecule has 8 heteroatoms. The lowest BCUT2D eigenvalue weighted by Crippen LogP contribution is -2.07. The second-order valence-electron chi connectivity index (χ2n) is 3.93. The van der Waals surface area contributed by atoms with Crippen LogP contribution in [-0.4, -0.2) is 20.9 Å². The smallest absolute Gasteiger partial charge is 0.357 e. The summed E-state index contributed by atoms with van der Waals surface area (Å²) in [5.74, 6) is -1.97. The Morgan fingerprint density at radius 1 is 1.60 bits per heavy atom. The Kier molecular flexibility index (Phi) is 3.59. The first kappa shape index (κ1) is 13.8. The Labute approximate surface area is 117 Å². The van der Waals surface area contributed by atoms with E-state index in [4.69, 9.17) is 27.7 Å². The van der Waals surface area contributed by atoms with Gasteiger partial charge in [-0.3, -0.25) is 0 Å². The van der Waals surface area contributed by atoms with Crippen molar-refractivity contribution >= 4 is 23.4 Å². The van der Waals surface area contributed by atoms with Crippen LogP contribution in [0.15, 0.2) is 18.2 Å². The minimum absolute atomic E-state index is 0.0628. The number of halogens is 2. The molecule has 0 atom stereocenters. The fraction of sp³-hybridized carbons (Fsp3) is 0.0833. The van der Waals surface area contributed by atoms with Gasteiger partial charge in [-0.25, -0.2) is 13.9 Å². The molecule has 0 aliphatic heterocycles. The van der Waals surface area contributed by atoms with E-state index in [1.165, 1.54) is 18.2 Å². The number of hydrogen-bond donors (Lipinski definition) is 2. The molecule has 0 aliphatic rings. The first-order chi connectivity index (χ1) is 9.43. The van der Waals surface area contributed by atoms with Gasteiger partial charge in [0.15, 0.2) is 5.69 Å². The Bertz CT molecular complexity index is 736. The molecule has 0 saturated heterocycles. The number of nitrogen functional groups attached to an aromatic ring is 1. The van der Waals surface area contributed by atoms with Crippen LogP contribution in [0.3, 0.4) is 0 Å². The van der Waals surface area contributed by atoms with Gasteiger partial charge in [0.25, 0.3) is 0 Å². The third-order valence-corrected chi connectivity index (χ3v) is 2.91. The van der Waals surface area contributed by atoms with Crippen LogP contribution in [-0.2, 0) is 6.54 Å². The highest BCUT2D eigenvalue weighted by molar-refractivity contribution is 6.30. The molecule has 0 spiro atoms. The number of nitriles is 1. The summed E-state index contributed by atoms with van der Waals surface area (Å²) < 4.78 is 14.2. The zero-order chi connectivity index (χ0) is 14.9. The lowest BCUT2D eigenvalue weighted by molar-refractivity contribution is 0.0689. The molecule has 0 unspecified atom stereocenters. The molecule has 2 rings (SSSR count). The molecule has 20 heavy (non-hydrogen) atoms. The van der Waals surface area contributed by atoms with Crippen molar-refractivity contribution in [3.05, 3.63) is 45.9 Å². The topological polar surface area (TPSA) is 105 Å². The molecular weight excluding hydrogens is 287 g/mol. The van der Waals surface area contributed by atoms with Crippen molar-refractivity contribution in [2.45, 2.75) is 6.54 Å². The van der Waals surface area contributed by atoms with Gasteiger partial charge in [-0.1, -0.05) is 17.7 Å². The van der Waals surface area contributed by atoms with Gasteiger partial charge in [-0.15, -0.1) is 0 Å². The van der Waals surface area contributed by atoms with Gasteiger partial charge in [0.1, 0.15) is 23.3 Å². The van der Waals surface area contributed by atoms with Crippen molar-refractivity contribution in [1.29, 1.82) is 5.26 Å². The van der Waals surface area contributed by atoms with E-state index in [9.17, 15) is 9.18 Å². The predicted octanol–water partition coefficient (Wildman–Crippen LogP) is 1.88. The van der Waals surface area contributed by atoms with Crippen LogP contribution in [0.25, 0.3) is 0 Å². The standard InChI is InChI=1S/C12H8ClFN4O2/c13-8-3-6(1-2-9(8)14)5-18-11(16)7(4-15)10(17-18)12(19)20/h1-3H,5,16H2,(H,19,20). The van der Waals surface area contributed by atoms with Crippen molar-refractivity contribution in [2.24, 2.45) is 0 Å². The molecule has 0 bridgehead atoms. The van der Waals surface area contributed by atoms with Crippen molar-refractivity contribution in [3.8, 4) is 6.07 Å². The number of aromatic nitrogens is 2. The van der Waals surface area contributed by atoms with Gasteiger partial charge < -0.3 is 10.8 Å². The van der Waals surface area contributed by atoms with Crippen LogP contribution in [0.4, 0.5) is 10.2 Å². The maximum absolute atomic E-state index is 13.0. The van der Waals surface area contributed by atoms with Crippen molar-refractivity contribution in [2.75, 3.05) is 5.73 Å². The molecule has 1 aromatic carbocycles. The number of hydrogen-bond acceptors (Lipinski definition) is 4. The van der Waals surface area contributed by atoms with E-state index in [0.717, 1.165) is 4.68 Å². The molecule has 2 aromatic rings. The highest BCUT2D eigenvalue weighted by atomic mass is 35.5. The fourth-order valence-corrected chi connectivity index (χ4v) is 1.87. The molecule has 1 aromatic heterocycles. The normalized spacial score (nSPS) is 10.2. The molecular formula is C12H8ClFN4O2. The summed E-state index contributed by atoms with van der Waals surface area (Å²) in [7, 11) is 0. The summed E-state index contributed by atoms with van der Waals surface area (Å²) in [5.41, 5.74) is 5.63. The van der Waals surface area contributed by atoms with E-state index in [0.29, 0.717) is 5.56 Å². The number of carboxylic acids is 1. The van der Waals surface area contributed by atoms with Crippen molar-refractivity contribution < 1.29 is 14.3 Å². The lowest BCUT2D eigenvalue weighted by Gasteiger charge is -2.05. The summed E-state index contributed by atoms with van der Waals surface area (Å²) >= 11 is 5.65. The molecule has 6 nitrogen and oxygen atoms in total. The van der Waals surface area contributed by atoms with Gasteiger partial charge in [-0.05, 0) is 17.7 Å². The van der Waals surface area contributed by atoms with E-state index in [-0.39, 0.29) is 22.9 Å². The second kappa shape index (κ2) is 5.19. The summed E-state index contributed by atoms with van der Waals surface area (Å²) in [6.07, 6.45) is 0. The van der Waals surface area contributed by atoms with E-state index < -0.39 is 17.5 Å². The second-order valence-corrected chi connectivity index (χ2v) is 4.34. The first-order valence-corrected chi connectivity index (χ1v) is 5.75. The average molecular weight is 295 g/mol. The molecule has 0 aliphatic carbocycles. The maximum Gasteiger partial charge on any atom is 0.357 e. The summed E-state index contributed by atoms with van der Waals surface area (Å²) in [5, 5.41) is 21.5. The van der Waals surface area contributed by atoms with Crippen LogP contribution >= 0.6 is 11.6 Å². The molecule has 3 N–H and O–H groups in total. The number of carbonyl (C=O) groups is 1. The summed E-state index contributed by atoms with van der Waals surface area (Å²) in [6, 6.07) is 5.72. The van der Waals surface area contributed by atoms with Crippen LogP contribution in [0, 0.1) is 17.1 Å². The number of nitrogens with zero attached hydrogens (tertiary/aromatic N) is 3. The summed E-state index contributed by atoms with van der Waals surface area (Å²) in [4.78, 5) is 10.9. The molecule has 102 valence electrons. The highest BCUT2D eigenvalue weighted by Gasteiger charge is 2.20. The zero-order valence-electron chi connectivity index (χ0n) is 9.97. The monoisotopic (exact) mass is 294 g/mol. The van der Waals surface area contributed by atoms with Crippen LogP contribution in [0.5, 0.6) is 0 Å². The predicted molar refractivity (Wildman–Crippen MR) is 68.8 cm³/mol. The molecule has 0 fully saturated rings. The van der Waals surface area contributed by atoms with Crippen LogP contribution < -0.4 is 5.73 Å². The Hall–Kier alpha value is -2.59. The van der Waals surface area contributed by atoms with Gasteiger partial charge >= 0.3 is 5.97 Å². The Balaban J connectivity index is 2.41. The number of benzene rings is 1. The third-order valence-electron chi connectivity index (χ3n) is 2.62. The van der Waals surface area contributed by atoms with E-state index in [2.05, 4.69) is 5.10 Å². The maximum atomic E-state index is 13.0. The average Bonchev–Trinajstić information content (AvgIpc) is 2.71. The number of rotatable bonds is 3. The Morgan fingerprint density at radius 2 is 2.30 bits per heavy atom. The SMILES string of the molecule is N#Cc1c(C(=O)O)nn(Cc2ccc(F)c(Cl)c2)c1N. The van der Waals surface area contributed by atoms with Gasteiger partial charge in [0, 0.05) is 0 Å². The third kappa shape index (κ3) is 2.41. The molecule has 0 saturated carbocycles. The van der Waals surface area contributed by atoms with Crippen molar-refractivity contribution in [1.82, 2.24) is 9.78 Å². The fourth-order valence-electron chi connectivity index (χ4n) is 1.67. The number of carboxylic acid groups (broad SMARTS) is 1. The molecule has 1 heterocycles. The number of anilines is 1. The molecule has 0 radical (unpaired) electrons. The van der Waals surface area contributed by atoms with Gasteiger partial charge in [0.2, 0.25) is 0 Å². The van der Waals surface area contributed by atoms with Crippen LogP contribution in [0.1, 0.15) is 21.6 Å². The van der Waals surface area contributed by atoms with E-state index in [1.54, 1.807) is 6.07 Å². The minimum Gasteiger partial charge on any atom is -0.476 e. The van der Waals surface area contributed by atoms with Crippen LogP contribution in [0.2, 0.25) is 5.02 Å². The minimum atomic E-state index is -1.34. The number of nitrogens with two attached hydrogens (primary N) is 1. The van der Waals surface area contributed by atoms with Crippen molar-refractivity contribution in [3.63, 3.8) is 0 Å². The van der Waals surface area contributed by atoms with E-state index in [1.807, 2.05) is 0 Å². The highest BCUT2D eigenvalue weighted by Crippen LogP contribution is 2.20. The Morgan fingerprint density at radius 3 is 2.80 bits per heavy atom. The quantitative estimate of drug-likeness (QED) is 0.899. The largest absolute Gasteiger partial charge is 0.476 e. The first-order valence-electron chi connectivity index (χ1n) is 5.37. The lowest BCUT2D eigenvalue weighted by atomic mass is 10.2. The van der Waals surface area contributed by atoms with Gasteiger partial charge in [-0.2, -0.15) is 10.4 Å². The summed E-state index contributed by atoms with van der Waals surface area (Å²) in [6.45, 7) is 0.0772. The van der Waals surface area contributed by atoms with E-state index >= 15 is 0 Å². The van der Waals surface area contributed by atoms with Gasteiger partial charge in [0.05, 0.1) is 11.6 Å². The number of aromatic carboxylic acids is 1. The molecule has 0 amide bonds. The zero-order valence-corrected chi connectivity index (χ0v) is 10.7.